The first kappa shape index (κ1) is 12.3. The summed E-state index contributed by atoms with van der Waals surface area (Å²) in [5.41, 5.74) is 6.47. The summed E-state index contributed by atoms with van der Waals surface area (Å²) >= 11 is 1.79. The molecule has 0 amide bonds. The molecule has 0 spiro atoms. The van der Waals surface area contributed by atoms with Gasteiger partial charge in [-0.3, -0.25) is 0 Å². The summed E-state index contributed by atoms with van der Waals surface area (Å²) in [6.45, 7) is 2.31. The first-order valence-corrected chi connectivity index (χ1v) is 6.90. The van der Waals surface area contributed by atoms with Gasteiger partial charge in [-0.2, -0.15) is 5.26 Å². The average Bonchev–Trinajstić information content (AvgIpc) is 2.32. The van der Waals surface area contributed by atoms with E-state index in [9.17, 15) is 0 Å². The molecule has 0 radical (unpaired) electrons. The second-order valence-corrected chi connectivity index (χ2v) is 6.03. The van der Waals surface area contributed by atoms with E-state index < -0.39 is 0 Å². The summed E-state index contributed by atoms with van der Waals surface area (Å²) in [7, 11) is 0. The lowest BCUT2D eigenvalue weighted by molar-refractivity contribution is 0.394. The highest BCUT2D eigenvalue weighted by Gasteiger charge is 2.20. The molecule has 0 bridgehead atoms. The van der Waals surface area contributed by atoms with Crippen molar-refractivity contribution in [1.29, 1.82) is 5.26 Å². The third kappa shape index (κ3) is 3.13. The van der Waals surface area contributed by atoms with E-state index in [0.29, 0.717) is 16.6 Å². The van der Waals surface area contributed by atoms with Gasteiger partial charge >= 0.3 is 0 Å². The maximum atomic E-state index is 8.89. The van der Waals surface area contributed by atoms with Gasteiger partial charge in [0.1, 0.15) is 6.07 Å². The van der Waals surface area contributed by atoms with Crippen LogP contribution in [0.15, 0.2) is 17.2 Å². The normalized spacial score (nSPS) is 24.2. The molecule has 1 aromatic rings. The molecular weight excluding hydrogens is 230 g/mol. The number of anilines is 1. The Morgan fingerprint density at radius 2 is 2.29 bits per heavy atom. The molecule has 2 rings (SSSR count). The van der Waals surface area contributed by atoms with Crippen LogP contribution in [0.4, 0.5) is 5.69 Å². The zero-order chi connectivity index (χ0) is 12.3. The SMILES string of the molecule is CC1CCCC(Sc2ccc(N)c(C#N)n2)C1. The van der Waals surface area contributed by atoms with Gasteiger partial charge in [-0.25, -0.2) is 4.98 Å². The fraction of sp³-hybridized carbons (Fsp3) is 0.538. The monoisotopic (exact) mass is 247 g/mol. The number of nitriles is 1. The molecule has 1 aromatic heterocycles. The summed E-state index contributed by atoms with van der Waals surface area (Å²) in [6, 6.07) is 5.73. The second kappa shape index (κ2) is 5.42. The predicted molar refractivity (Wildman–Crippen MR) is 70.6 cm³/mol. The Morgan fingerprint density at radius 1 is 1.47 bits per heavy atom. The molecule has 0 aromatic carbocycles. The minimum Gasteiger partial charge on any atom is -0.396 e. The van der Waals surface area contributed by atoms with Crippen LogP contribution >= 0.6 is 11.8 Å². The van der Waals surface area contributed by atoms with Crippen LogP contribution in [0, 0.1) is 17.2 Å². The number of hydrogen-bond donors (Lipinski definition) is 1. The van der Waals surface area contributed by atoms with Gasteiger partial charge in [-0.1, -0.05) is 19.8 Å². The summed E-state index contributed by atoms with van der Waals surface area (Å²) in [5, 5.41) is 10.5. The Morgan fingerprint density at radius 3 is 3.00 bits per heavy atom. The van der Waals surface area contributed by atoms with E-state index in [-0.39, 0.29) is 0 Å². The van der Waals surface area contributed by atoms with Crippen LogP contribution in [0.1, 0.15) is 38.3 Å². The zero-order valence-corrected chi connectivity index (χ0v) is 10.8. The molecule has 0 aliphatic heterocycles. The van der Waals surface area contributed by atoms with Gasteiger partial charge in [-0.05, 0) is 30.9 Å². The van der Waals surface area contributed by atoms with Gasteiger partial charge in [0.05, 0.1) is 10.7 Å². The van der Waals surface area contributed by atoms with Crippen molar-refractivity contribution in [2.75, 3.05) is 5.73 Å². The van der Waals surface area contributed by atoms with Crippen molar-refractivity contribution in [2.24, 2.45) is 5.92 Å². The van der Waals surface area contributed by atoms with Crippen molar-refractivity contribution in [3.8, 4) is 6.07 Å². The maximum Gasteiger partial charge on any atom is 0.164 e. The number of aromatic nitrogens is 1. The molecule has 4 heteroatoms. The Balaban J connectivity index is 2.06. The van der Waals surface area contributed by atoms with Crippen molar-refractivity contribution >= 4 is 17.4 Å². The van der Waals surface area contributed by atoms with Gasteiger partial charge in [0, 0.05) is 5.25 Å². The van der Waals surface area contributed by atoms with Crippen LogP contribution in [0.3, 0.4) is 0 Å². The summed E-state index contributed by atoms with van der Waals surface area (Å²) in [4.78, 5) is 4.29. The van der Waals surface area contributed by atoms with E-state index in [2.05, 4.69) is 11.9 Å². The number of hydrogen-bond acceptors (Lipinski definition) is 4. The fourth-order valence-corrected chi connectivity index (χ4v) is 3.60. The smallest absolute Gasteiger partial charge is 0.164 e. The predicted octanol–water partition coefficient (Wildman–Crippen LogP) is 3.21. The molecule has 2 atom stereocenters. The Kier molecular flexibility index (Phi) is 3.90. The van der Waals surface area contributed by atoms with Crippen molar-refractivity contribution in [2.45, 2.75) is 42.9 Å². The van der Waals surface area contributed by atoms with E-state index in [1.807, 2.05) is 12.1 Å². The maximum absolute atomic E-state index is 8.89. The molecule has 1 saturated carbocycles. The van der Waals surface area contributed by atoms with Gasteiger partial charge in [0.15, 0.2) is 5.69 Å². The zero-order valence-electron chi connectivity index (χ0n) is 10.0. The standard InChI is InChI=1S/C13H17N3S/c1-9-3-2-4-10(7-9)17-13-6-5-11(15)12(8-14)16-13/h5-6,9-10H,2-4,7,15H2,1H3. The van der Waals surface area contributed by atoms with E-state index in [1.165, 1.54) is 25.7 Å². The molecule has 1 heterocycles. The van der Waals surface area contributed by atoms with E-state index in [0.717, 1.165) is 10.9 Å². The molecule has 2 N–H and O–H groups in total. The van der Waals surface area contributed by atoms with Crippen LogP contribution < -0.4 is 5.73 Å². The van der Waals surface area contributed by atoms with Gasteiger partial charge in [0.25, 0.3) is 0 Å². The highest BCUT2D eigenvalue weighted by Crippen LogP contribution is 2.35. The minimum absolute atomic E-state index is 0.346. The lowest BCUT2D eigenvalue weighted by Gasteiger charge is -2.25. The number of pyridine rings is 1. The average molecular weight is 247 g/mol. The third-order valence-electron chi connectivity index (χ3n) is 3.18. The fourth-order valence-electron chi connectivity index (χ4n) is 2.26. The highest BCUT2D eigenvalue weighted by atomic mass is 32.2. The Hall–Kier alpha value is -1.21. The molecule has 1 aliphatic rings. The second-order valence-electron chi connectivity index (χ2n) is 4.71. The first-order chi connectivity index (χ1) is 8.19. The van der Waals surface area contributed by atoms with Crippen LogP contribution in [0.2, 0.25) is 0 Å². The highest BCUT2D eigenvalue weighted by molar-refractivity contribution is 7.99. The third-order valence-corrected chi connectivity index (χ3v) is 4.41. The number of nitrogens with two attached hydrogens (primary N) is 1. The van der Waals surface area contributed by atoms with E-state index in [4.69, 9.17) is 11.0 Å². The Bertz CT molecular complexity index is 439. The van der Waals surface area contributed by atoms with E-state index in [1.54, 1.807) is 17.8 Å². The van der Waals surface area contributed by atoms with E-state index >= 15 is 0 Å². The molecule has 1 aliphatic carbocycles. The van der Waals surface area contributed by atoms with Crippen LogP contribution in [-0.4, -0.2) is 10.2 Å². The number of rotatable bonds is 2. The van der Waals surface area contributed by atoms with Gasteiger partial charge in [0.2, 0.25) is 0 Å². The minimum atomic E-state index is 0.346. The largest absolute Gasteiger partial charge is 0.396 e. The van der Waals surface area contributed by atoms with Crippen molar-refractivity contribution in [3.63, 3.8) is 0 Å². The first-order valence-electron chi connectivity index (χ1n) is 6.02. The lowest BCUT2D eigenvalue weighted by atomic mass is 9.91. The molecule has 1 fully saturated rings. The Labute approximate surface area is 106 Å². The summed E-state index contributed by atoms with van der Waals surface area (Å²) in [5.74, 6) is 0.811. The van der Waals surface area contributed by atoms with Crippen molar-refractivity contribution in [3.05, 3.63) is 17.8 Å². The van der Waals surface area contributed by atoms with Gasteiger partial charge < -0.3 is 5.73 Å². The quantitative estimate of drug-likeness (QED) is 0.871. The molecule has 3 nitrogen and oxygen atoms in total. The molecule has 2 unspecified atom stereocenters. The molecule has 17 heavy (non-hydrogen) atoms. The topological polar surface area (TPSA) is 62.7 Å². The molecular formula is C13H17N3S. The summed E-state index contributed by atoms with van der Waals surface area (Å²) in [6.07, 6.45) is 5.15. The van der Waals surface area contributed by atoms with Crippen molar-refractivity contribution < 1.29 is 0 Å². The van der Waals surface area contributed by atoms with Gasteiger partial charge in [-0.15, -0.1) is 11.8 Å². The van der Waals surface area contributed by atoms with Crippen LogP contribution in [0.25, 0.3) is 0 Å². The lowest BCUT2D eigenvalue weighted by Crippen LogP contribution is -2.15. The number of nitrogens with zero attached hydrogens (tertiary/aromatic N) is 2. The van der Waals surface area contributed by atoms with Crippen molar-refractivity contribution in [1.82, 2.24) is 4.98 Å². The summed E-state index contributed by atoms with van der Waals surface area (Å²) < 4.78 is 0. The molecule has 90 valence electrons. The number of thioether (sulfide) groups is 1. The van der Waals surface area contributed by atoms with Crippen LogP contribution in [-0.2, 0) is 0 Å². The molecule has 0 saturated heterocycles. The van der Waals surface area contributed by atoms with Crippen LogP contribution in [0.5, 0.6) is 0 Å². The number of nitrogen functional groups attached to an aromatic ring is 1.